The van der Waals surface area contributed by atoms with Crippen LogP contribution in [0.25, 0.3) is 0 Å². The van der Waals surface area contributed by atoms with Crippen molar-refractivity contribution in [3.63, 3.8) is 0 Å². The number of ether oxygens (including phenoxy) is 2. The molecule has 0 saturated carbocycles. The Labute approximate surface area is 362 Å². The van der Waals surface area contributed by atoms with E-state index in [9.17, 15) is 31.2 Å². The van der Waals surface area contributed by atoms with Crippen LogP contribution in [0.5, 0.6) is 17.2 Å². The van der Waals surface area contributed by atoms with Crippen molar-refractivity contribution in [2.24, 2.45) is 5.92 Å². The van der Waals surface area contributed by atoms with Crippen molar-refractivity contribution in [3.05, 3.63) is 178 Å². The highest BCUT2D eigenvalue weighted by molar-refractivity contribution is 7.95. The second kappa shape index (κ2) is 15.8. The minimum absolute atomic E-state index is 0.0261. The number of halogens is 7. The molecule has 1 spiro atoms. The van der Waals surface area contributed by atoms with Crippen molar-refractivity contribution in [1.29, 1.82) is 0 Å². The van der Waals surface area contributed by atoms with Gasteiger partial charge in [-0.15, -0.1) is 0 Å². The summed E-state index contributed by atoms with van der Waals surface area (Å²) in [5, 5.41) is 3.70. The third-order valence-corrected chi connectivity index (χ3v) is 17.7. The lowest BCUT2D eigenvalue weighted by Crippen LogP contribution is -2.42. The summed E-state index contributed by atoms with van der Waals surface area (Å²) in [5.41, 5.74) is -11.3. The second-order valence-electron chi connectivity index (χ2n) is 15.7. The molecule has 328 valence electrons. The molecule has 9 rings (SSSR count). The van der Waals surface area contributed by atoms with Gasteiger partial charge in [-0.1, -0.05) is 60.7 Å². The molecule has 3 aliphatic rings. The number of fused-ring (bicyclic) bond motifs is 6. The standard InChI is InChI=1S/C47H34F7NO7PS/c1-27-37(48)24-35-41(39(27)50)60-42-36(25-38(49)43(40(42)51)62-64(58,59)47(52,53)54)46(35)34-18-17-29(23-33(34)45(57)61-46)44(56)55-21-19-28(20-22-55)26-63(30-11-5-2-6-12-30,31-13-7-3-8-14-31)32-15-9-4-10-16-32/h2-18,23-25,28H,19-22,26H2,1H3/q+1. The minimum atomic E-state index is -6.64. The first-order valence-electron chi connectivity index (χ1n) is 19.9. The number of likely N-dealkylation sites (tertiary alicyclic amines) is 1. The van der Waals surface area contributed by atoms with Gasteiger partial charge in [0.1, 0.15) is 29.0 Å². The van der Waals surface area contributed by atoms with Gasteiger partial charge < -0.3 is 18.6 Å². The van der Waals surface area contributed by atoms with Crippen LogP contribution in [-0.4, -0.2) is 50.0 Å². The number of nitrogens with zero attached hydrogens (tertiary/aromatic N) is 1. The molecule has 1 atom stereocenters. The van der Waals surface area contributed by atoms with Gasteiger partial charge in [0.15, 0.2) is 28.7 Å². The van der Waals surface area contributed by atoms with Crippen LogP contribution in [0.2, 0.25) is 0 Å². The second-order valence-corrected chi connectivity index (χ2v) is 20.8. The van der Waals surface area contributed by atoms with Gasteiger partial charge in [0.2, 0.25) is 11.6 Å². The summed E-state index contributed by atoms with van der Waals surface area (Å²) in [7, 11) is -8.81. The molecular formula is C47H34F7NO7PS+. The first kappa shape index (κ1) is 43.0. The number of carbonyl (C=O) groups excluding carboxylic acids is 2. The zero-order valence-corrected chi connectivity index (χ0v) is 35.2. The molecule has 0 bridgehead atoms. The lowest BCUT2D eigenvalue weighted by atomic mass is 9.76. The molecule has 1 amide bonds. The van der Waals surface area contributed by atoms with Crippen LogP contribution >= 0.6 is 7.26 Å². The number of rotatable bonds is 8. The molecule has 8 nitrogen and oxygen atoms in total. The lowest BCUT2D eigenvalue weighted by Gasteiger charge is -2.37. The topological polar surface area (TPSA) is 99.2 Å². The molecule has 0 aliphatic carbocycles. The number of esters is 1. The maximum absolute atomic E-state index is 16.1. The molecule has 6 aromatic rings. The molecule has 1 saturated heterocycles. The molecular weight excluding hydrogens is 887 g/mol. The van der Waals surface area contributed by atoms with Crippen molar-refractivity contribution in [1.82, 2.24) is 4.90 Å². The van der Waals surface area contributed by atoms with Gasteiger partial charge in [0, 0.05) is 29.8 Å². The molecule has 6 aromatic carbocycles. The Morgan fingerprint density at radius 1 is 0.750 bits per heavy atom. The Bertz CT molecular complexity index is 2870. The van der Waals surface area contributed by atoms with Gasteiger partial charge in [-0.25, -0.2) is 18.0 Å². The number of benzene rings is 6. The minimum Gasteiger partial charge on any atom is -0.450 e. The van der Waals surface area contributed by atoms with E-state index in [1.54, 1.807) is 4.90 Å². The number of hydrogen-bond acceptors (Lipinski definition) is 7. The van der Waals surface area contributed by atoms with E-state index in [1.807, 2.05) is 54.6 Å². The summed E-state index contributed by atoms with van der Waals surface area (Å²) >= 11 is 0. The SMILES string of the molecule is Cc1c(F)cc2c(c1F)Oc1c(cc(F)c(OS(=O)(=O)C(F)(F)F)c1F)C21OC(=O)c2cc(C(=O)N3CCC(C[P+](c4ccccc4)(c4ccccc4)c4ccccc4)CC3)ccc21. The summed E-state index contributed by atoms with van der Waals surface area (Å²) in [6.45, 7) is 1.73. The van der Waals surface area contributed by atoms with Crippen LogP contribution in [0.15, 0.2) is 121 Å². The summed E-state index contributed by atoms with van der Waals surface area (Å²) < 4.78 is 141. The fraction of sp³-hybridized carbons (Fsp3) is 0.191. The molecule has 64 heavy (non-hydrogen) atoms. The highest BCUT2D eigenvalue weighted by Gasteiger charge is 2.57. The third-order valence-electron chi connectivity index (χ3n) is 12.1. The number of piperidine rings is 1. The smallest absolute Gasteiger partial charge is 0.450 e. The van der Waals surface area contributed by atoms with E-state index < -0.39 is 97.6 Å². The predicted octanol–water partition coefficient (Wildman–Crippen LogP) is 9.19. The maximum Gasteiger partial charge on any atom is 0.534 e. The van der Waals surface area contributed by atoms with Crippen LogP contribution in [0.1, 0.15) is 55.8 Å². The van der Waals surface area contributed by atoms with Gasteiger partial charge in [-0.05, 0) is 86.3 Å². The van der Waals surface area contributed by atoms with Crippen molar-refractivity contribution in [2.75, 3.05) is 19.3 Å². The zero-order valence-electron chi connectivity index (χ0n) is 33.5. The Hall–Kier alpha value is -6.25. The molecule has 1 fully saturated rings. The van der Waals surface area contributed by atoms with Gasteiger partial charge >= 0.3 is 21.6 Å². The summed E-state index contributed by atoms with van der Waals surface area (Å²) in [5.74, 6) is -12.5. The Balaban J connectivity index is 1.05. The van der Waals surface area contributed by atoms with Gasteiger partial charge in [0.05, 0.1) is 22.9 Å². The van der Waals surface area contributed by atoms with E-state index in [-0.39, 0.29) is 28.7 Å². The number of carbonyl (C=O) groups is 2. The molecule has 17 heteroatoms. The normalized spacial score (nSPS) is 17.3. The van der Waals surface area contributed by atoms with Crippen molar-refractivity contribution < 1.29 is 62.4 Å². The molecule has 0 N–H and O–H groups in total. The molecule has 0 radical (unpaired) electrons. The fourth-order valence-corrected chi connectivity index (χ4v) is 14.2. The van der Waals surface area contributed by atoms with Crippen LogP contribution in [-0.2, 0) is 20.5 Å². The van der Waals surface area contributed by atoms with E-state index in [0.717, 1.165) is 13.1 Å². The third kappa shape index (κ3) is 6.80. The van der Waals surface area contributed by atoms with Crippen molar-refractivity contribution >= 4 is 45.2 Å². The Kier molecular flexibility index (Phi) is 10.6. The number of hydrogen-bond donors (Lipinski definition) is 0. The average Bonchev–Trinajstić information content (AvgIpc) is 3.58. The Morgan fingerprint density at radius 3 is 1.80 bits per heavy atom. The summed E-state index contributed by atoms with van der Waals surface area (Å²) in [6, 6.07) is 36.0. The largest absolute Gasteiger partial charge is 0.534 e. The first-order valence-corrected chi connectivity index (χ1v) is 23.3. The molecule has 3 aliphatic heterocycles. The maximum atomic E-state index is 16.1. The first-order chi connectivity index (χ1) is 30.5. The molecule has 3 heterocycles. The summed E-state index contributed by atoms with van der Waals surface area (Å²) in [4.78, 5) is 29.7. The van der Waals surface area contributed by atoms with Gasteiger partial charge in [0.25, 0.3) is 5.91 Å². The van der Waals surface area contributed by atoms with Crippen molar-refractivity contribution in [2.45, 2.75) is 30.9 Å². The Morgan fingerprint density at radius 2 is 1.27 bits per heavy atom. The van der Waals surface area contributed by atoms with Crippen LogP contribution < -0.4 is 24.8 Å². The van der Waals surface area contributed by atoms with Crippen LogP contribution in [0.3, 0.4) is 0 Å². The van der Waals surface area contributed by atoms with Crippen molar-refractivity contribution in [3.8, 4) is 17.2 Å². The van der Waals surface area contributed by atoms with E-state index in [0.29, 0.717) is 32.0 Å². The van der Waals surface area contributed by atoms with E-state index in [1.165, 1.54) is 34.1 Å². The zero-order chi connectivity index (χ0) is 45.3. The van der Waals surface area contributed by atoms with Gasteiger partial charge in [-0.3, -0.25) is 4.79 Å². The average molecular weight is 921 g/mol. The predicted molar refractivity (Wildman–Crippen MR) is 224 cm³/mol. The van der Waals surface area contributed by atoms with Crippen LogP contribution in [0, 0.1) is 36.1 Å². The molecule has 0 aromatic heterocycles. The fourth-order valence-electron chi connectivity index (χ4n) is 8.98. The quantitative estimate of drug-likeness (QED) is 0.0494. The van der Waals surface area contributed by atoms with Gasteiger partial charge in [-0.2, -0.15) is 26.0 Å². The van der Waals surface area contributed by atoms with E-state index in [4.69, 9.17) is 9.47 Å². The number of amides is 1. The highest BCUT2D eigenvalue weighted by atomic mass is 32.2. The van der Waals surface area contributed by atoms with Crippen LogP contribution in [0.4, 0.5) is 30.7 Å². The van der Waals surface area contributed by atoms with E-state index >= 15 is 17.6 Å². The number of alkyl halides is 3. The monoisotopic (exact) mass is 920 g/mol. The highest BCUT2D eigenvalue weighted by Crippen LogP contribution is 2.60. The molecule has 1 unspecified atom stereocenters. The summed E-state index contributed by atoms with van der Waals surface area (Å²) in [6.07, 6.45) is 2.17. The lowest BCUT2D eigenvalue weighted by molar-refractivity contribution is -0.0502. The van der Waals surface area contributed by atoms with E-state index in [2.05, 4.69) is 40.6 Å².